The Morgan fingerprint density at radius 3 is 1.62 bits per heavy atom. The predicted octanol–water partition coefficient (Wildman–Crippen LogP) is 0.0304. The van der Waals surface area contributed by atoms with E-state index in [4.69, 9.17) is 0 Å². The van der Waals surface area contributed by atoms with Crippen molar-refractivity contribution in [1.82, 2.24) is 19.6 Å². The highest BCUT2D eigenvalue weighted by Crippen LogP contribution is 2.34. The van der Waals surface area contributed by atoms with Crippen molar-refractivity contribution in [3.8, 4) is 0 Å². The average Bonchev–Trinajstić information content (AvgIpc) is 2.28. The Morgan fingerprint density at radius 2 is 1.12 bits per heavy atom. The van der Waals surface area contributed by atoms with E-state index in [0.717, 1.165) is 0 Å². The van der Waals surface area contributed by atoms with Crippen LogP contribution < -0.4 is 0 Å². The topological polar surface area (TPSA) is 13.0 Å². The van der Waals surface area contributed by atoms with Gasteiger partial charge in [0.1, 0.15) is 0 Å². The van der Waals surface area contributed by atoms with Crippen LogP contribution in [0.2, 0.25) is 0 Å². The van der Waals surface area contributed by atoms with Crippen LogP contribution in [0.5, 0.6) is 0 Å². The van der Waals surface area contributed by atoms with Crippen molar-refractivity contribution in [2.75, 3.05) is 52.7 Å². The molecule has 16 heavy (non-hydrogen) atoms. The minimum atomic E-state index is 0.481. The van der Waals surface area contributed by atoms with Gasteiger partial charge in [0.15, 0.2) is 0 Å². The second-order valence-electron chi connectivity index (χ2n) is 6.18. The fraction of sp³-hybridized carbons (Fsp3) is 1.00. The molecule has 4 heteroatoms. The summed E-state index contributed by atoms with van der Waals surface area (Å²) in [6.07, 6.45) is 4.28. The number of hydrogen-bond acceptors (Lipinski definition) is 4. The van der Waals surface area contributed by atoms with Crippen LogP contribution in [0.3, 0.4) is 0 Å². The van der Waals surface area contributed by atoms with E-state index >= 15 is 0 Å². The van der Waals surface area contributed by atoms with Crippen molar-refractivity contribution >= 4 is 0 Å². The lowest BCUT2D eigenvalue weighted by Crippen LogP contribution is -2.80. The molecule has 0 atom stereocenters. The molecule has 0 aromatic heterocycles. The standard InChI is InChI=1S/C12H22N4/c1-2-4-16(5-3-1)12-6-13-9-14(7-12)11-15(8-12)10-13/h1-11H2. The Labute approximate surface area is 97.8 Å². The minimum Gasteiger partial charge on any atom is -0.294 e. The number of likely N-dealkylation sites (tertiary alicyclic amines) is 1. The first-order chi connectivity index (χ1) is 7.84. The molecule has 5 fully saturated rings. The summed E-state index contributed by atoms with van der Waals surface area (Å²) in [5.41, 5.74) is 0.481. The zero-order chi connectivity index (χ0) is 10.6. The normalized spacial score (nSPS) is 52.1. The van der Waals surface area contributed by atoms with Crippen LogP contribution in [0.1, 0.15) is 19.3 Å². The van der Waals surface area contributed by atoms with E-state index in [1.54, 1.807) is 0 Å². The van der Waals surface area contributed by atoms with Gasteiger partial charge in [-0.2, -0.15) is 0 Å². The van der Waals surface area contributed by atoms with Gasteiger partial charge in [-0.3, -0.25) is 19.6 Å². The molecule has 5 rings (SSSR count). The molecule has 5 heterocycles. The Hall–Kier alpha value is -0.160. The molecule has 5 aliphatic heterocycles. The average molecular weight is 222 g/mol. The van der Waals surface area contributed by atoms with Gasteiger partial charge in [-0.15, -0.1) is 0 Å². The summed E-state index contributed by atoms with van der Waals surface area (Å²) in [6.45, 7) is 10.3. The quantitative estimate of drug-likeness (QED) is 0.620. The van der Waals surface area contributed by atoms with Crippen molar-refractivity contribution in [1.29, 1.82) is 0 Å². The van der Waals surface area contributed by atoms with Crippen LogP contribution in [0.25, 0.3) is 0 Å². The molecule has 5 aliphatic rings. The molecule has 0 aromatic carbocycles. The maximum absolute atomic E-state index is 2.81. The maximum Gasteiger partial charge on any atom is 0.0593 e. The van der Waals surface area contributed by atoms with Crippen molar-refractivity contribution in [3.05, 3.63) is 0 Å². The van der Waals surface area contributed by atoms with Crippen LogP contribution in [-0.4, -0.2) is 77.9 Å². The summed E-state index contributed by atoms with van der Waals surface area (Å²) in [6, 6.07) is 0. The summed E-state index contributed by atoms with van der Waals surface area (Å²) in [4.78, 5) is 10.7. The molecule has 0 amide bonds. The van der Waals surface area contributed by atoms with Crippen molar-refractivity contribution < 1.29 is 0 Å². The first-order valence-corrected chi connectivity index (χ1v) is 6.76. The number of nitrogens with zero attached hydrogens (tertiary/aromatic N) is 4. The molecule has 5 saturated heterocycles. The monoisotopic (exact) mass is 222 g/mol. The molecule has 0 saturated carbocycles. The summed E-state index contributed by atoms with van der Waals surface area (Å²) < 4.78 is 0. The third kappa shape index (κ3) is 1.37. The van der Waals surface area contributed by atoms with Gasteiger partial charge < -0.3 is 0 Å². The largest absolute Gasteiger partial charge is 0.294 e. The van der Waals surface area contributed by atoms with Crippen LogP contribution in [0, 0.1) is 0 Å². The summed E-state index contributed by atoms with van der Waals surface area (Å²) in [5.74, 6) is 0. The van der Waals surface area contributed by atoms with Gasteiger partial charge in [0.05, 0.1) is 25.5 Å². The lowest BCUT2D eigenvalue weighted by atomic mass is 9.87. The molecule has 0 aromatic rings. The number of hydrogen-bond donors (Lipinski definition) is 0. The van der Waals surface area contributed by atoms with Gasteiger partial charge >= 0.3 is 0 Å². The van der Waals surface area contributed by atoms with Gasteiger partial charge in [-0.05, 0) is 25.9 Å². The second kappa shape index (κ2) is 3.42. The zero-order valence-electron chi connectivity index (χ0n) is 10.1. The van der Waals surface area contributed by atoms with Crippen LogP contribution in [0.15, 0.2) is 0 Å². The Kier molecular flexibility index (Phi) is 2.10. The highest BCUT2D eigenvalue weighted by atomic mass is 15.6. The second-order valence-corrected chi connectivity index (χ2v) is 6.18. The SMILES string of the molecule is C1CCN(C23CN4CN(CN(C4)C2)C3)CC1. The summed E-state index contributed by atoms with van der Waals surface area (Å²) >= 11 is 0. The van der Waals surface area contributed by atoms with Gasteiger partial charge in [0.2, 0.25) is 0 Å². The van der Waals surface area contributed by atoms with Crippen molar-refractivity contribution in [2.45, 2.75) is 24.8 Å². The van der Waals surface area contributed by atoms with E-state index in [0.29, 0.717) is 5.54 Å². The molecule has 4 nitrogen and oxygen atoms in total. The Balaban J connectivity index is 1.60. The van der Waals surface area contributed by atoms with Crippen LogP contribution in [0.4, 0.5) is 0 Å². The van der Waals surface area contributed by atoms with Gasteiger partial charge in [-0.25, -0.2) is 0 Å². The summed E-state index contributed by atoms with van der Waals surface area (Å²) in [5, 5.41) is 0. The predicted molar refractivity (Wildman–Crippen MR) is 62.9 cm³/mol. The smallest absolute Gasteiger partial charge is 0.0593 e. The van der Waals surface area contributed by atoms with Gasteiger partial charge in [0, 0.05) is 19.6 Å². The molecule has 0 aliphatic carbocycles. The highest BCUT2D eigenvalue weighted by Gasteiger charge is 2.51. The molecule has 90 valence electrons. The van der Waals surface area contributed by atoms with E-state index in [-0.39, 0.29) is 0 Å². The number of rotatable bonds is 1. The minimum absolute atomic E-state index is 0.481. The van der Waals surface area contributed by atoms with E-state index in [1.165, 1.54) is 72.0 Å². The Bertz CT molecular complexity index is 249. The zero-order valence-corrected chi connectivity index (χ0v) is 10.1. The van der Waals surface area contributed by atoms with Gasteiger partial charge in [0.25, 0.3) is 0 Å². The van der Waals surface area contributed by atoms with E-state index in [1.807, 2.05) is 0 Å². The lowest BCUT2D eigenvalue weighted by molar-refractivity contribution is -0.186. The lowest BCUT2D eigenvalue weighted by Gasteiger charge is -2.64. The van der Waals surface area contributed by atoms with E-state index < -0.39 is 0 Å². The molecule has 0 unspecified atom stereocenters. The van der Waals surface area contributed by atoms with E-state index in [9.17, 15) is 0 Å². The molecular formula is C12H22N4. The fourth-order valence-electron chi connectivity index (χ4n) is 4.35. The molecule has 0 N–H and O–H groups in total. The van der Waals surface area contributed by atoms with Gasteiger partial charge in [-0.1, -0.05) is 6.42 Å². The molecular weight excluding hydrogens is 200 g/mol. The third-order valence-corrected chi connectivity index (χ3v) is 4.78. The van der Waals surface area contributed by atoms with Crippen molar-refractivity contribution in [2.24, 2.45) is 0 Å². The highest BCUT2D eigenvalue weighted by molar-refractivity contribution is 5.07. The first kappa shape index (κ1) is 9.83. The van der Waals surface area contributed by atoms with Crippen LogP contribution in [-0.2, 0) is 0 Å². The molecule has 0 spiro atoms. The maximum atomic E-state index is 2.81. The molecule has 4 bridgehead atoms. The third-order valence-electron chi connectivity index (χ3n) is 4.78. The van der Waals surface area contributed by atoms with Crippen LogP contribution >= 0.6 is 0 Å². The Morgan fingerprint density at radius 1 is 0.625 bits per heavy atom. The first-order valence-electron chi connectivity index (χ1n) is 6.76. The van der Waals surface area contributed by atoms with Crippen molar-refractivity contribution in [3.63, 3.8) is 0 Å². The van der Waals surface area contributed by atoms with E-state index in [2.05, 4.69) is 19.6 Å². The molecule has 0 radical (unpaired) electrons. The summed E-state index contributed by atoms with van der Waals surface area (Å²) in [7, 11) is 0. The number of piperidine rings is 1. The fourth-order valence-corrected chi connectivity index (χ4v) is 4.35.